The maximum absolute atomic E-state index is 12.9. The minimum Gasteiger partial charge on any atom is -0.487 e. The van der Waals surface area contributed by atoms with Crippen LogP contribution in [0.5, 0.6) is 17.2 Å². The number of carbonyl (C=O) groups is 1. The average Bonchev–Trinajstić information content (AvgIpc) is 3.35. The van der Waals surface area contributed by atoms with Gasteiger partial charge in [0.05, 0.1) is 18.7 Å². The summed E-state index contributed by atoms with van der Waals surface area (Å²) in [4.78, 5) is 19.4. The van der Waals surface area contributed by atoms with Crippen molar-refractivity contribution < 1.29 is 24.1 Å². The van der Waals surface area contributed by atoms with Crippen LogP contribution in [0.2, 0.25) is 0 Å². The number of rotatable bonds is 13. The SMILES string of the molecule is CCOCCOc1cc2c(ccn2NC)cc1Oc1ccnc(NC(=O)c2ccc(C3CN(CCO)C3)cc2)c1. The number of aliphatic hydroxyl groups is 1. The molecule has 2 aromatic heterocycles. The predicted octanol–water partition coefficient (Wildman–Crippen LogP) is 4.06. The summed E-state index contributed by atoms with van der Waals surface area (Å²) in [5.41, 5.74) is 5.82. The van der Waals surface area contributed by atoms with E-state index < -0.39 is 0 Å². The number of amides is 1. The van der Waals surface area contributed by atoms with Gasteiger partial charge in [-0.1, -0.05) is 12.1 Å². The highest BCUT2D eigenvalue weighted by molar-refractivity contribution is 6.03. The van der Waals surface area contributed by atoms with Gasteiger partial charge in [-0.2, -0.15) is 0 Å². The molecule has 0 radical (unpaired) electrons. The smallest absolute Gasteiger partial charge is 0.256 e. The Hall–Kier alpha value is -4.12. The van der Waals surface area contributed by atoms with Gasteiger partial charge < -0.3 is 30.1 Å². The van der Waals surface area contributed by atoms with Crippen molar-refractivity contribution in [3.05, 3.63) is 78.1 Å². The minimum absolute atomic E-state index is 0.176. The van der Waals surface area contributed by atoms with E-state index in [-0.39, 0.29) is 12.5 Å². The summed E-state index contributed by atoms with van der Waals surface area (Å²) in [5, 5.41) is 12.9. The number of ether oxygens (including phenoxy) is 3. The zero-order valence-electron chi connectivity index (χ0n) is 22.8. The number of nitrogens with one attached hydrogen (secondary N) is 2. The molecule has 1 aliphatic rings. The van der Waals surface area contributed by atoms with Gasteiger partial charge in [0.2, 0.25) is 0 Å². The van der Waals surface area contributed by atoms with E-state index in [0.717, 1.165) is 24.0 Å². The number of β-amino-alcohol motifs (C(OH)–C–C–N with tert-alkyl or cyclic N) is 1. The summed E-state index contributed by atoms with van der Waals surface area (Å²) in [6, 6.07) is 16.9. The van der Waals surface area contributed by atoms with Crippen LogP contribution in [-0.2, 0) is 4.74 Å². The molecule has 0 atom stereocenters. The first-order valence-electron chi connectivity index (χ1n) is 13.5. The number of likely N-dealkylation sites (tertiary alicyclic amines) is 1. The second-order valence-electron chi connectivity index (χ2n) is 9.55. The maximum atomic E-state index is 12.9. The summed E-state index contributed by atoms with van der Waals surface area (Å²) in [6.45, 7) is 6.15. The highest BCUT2D eigenvalue weighted by atomic mass is 16.5. The molecule has 1 saturated heterocycles. The third-order valence-corrected chi connectivity index (χ3v) is 6.90. The van der Waals surface area contributed by atoms with Crippen LogP contribution >= 0.6 is 0 Å². The Balaban J connectivity index is 1.27. The number of hydrogen-bond donors (Lipinski definition) is 3. The quantitative estimate of drug-likeness (QED) is 0.216. The highest BCUT2D eigenvalue weighted by Gasteiger charge is 2.27. The molecule has 4 aromatic rings. The lowest BCUT2D eigenvalue weighted by atomic mass is 9.91. The predicted molar refractivity (Wildman–Crippen MR) is 154 cm³/mol. The molecule has 2 aromatic carbocycles. The molecule has 1 amide bonds. The van der Waals surface area contributed by atoms with Gasteiger partial charge in [-0.15, -0.1) is 0 Å². The van der Waals surface area contributed by atoms with Crippen LogP contribution in [-0.4, -0.2) is 78.7 Å². The summed E-state index contributed by atoms with van der Waals surface area (Å²) in [6.07, 6.45) is 3.53. The number of fused-ring (bicyclic) bond motifs is 1. The molecule has 0 aliphatic carbocycles. The molecule has 3 N–H and O–H groups in total. The summed E-state index contributed by atoms with van der Waals surface area (Å²) in [5.74, 6) is 2.21. The second-order valence-corrected chi connectivity index (χ2v) is 9.55. The summed E-state index contributed by atoms with van der Waals surface area (Å²) >= 11 is 0. The van der Waals surface area contributed by atoms with E-state index in [0.29, 0.717) is 60.9 Å². The maximum Gasteiger partial charge on any atom is 0.256 e. The minimum atomic E-state index is -0.249. The Kier molecular flexibility index (Phi) is 8.80. The highest BCUT2D eigenvalue weighted by Crippen LogP contribution is 2.36. The van der Waals surface area contributed by atoms with Gasteiger partial charge in [0.25, 0.3) is 5.91 Å². The van der Waals surface area contributed by atoms with E-state index in [1.807, 2.05) is 67.3 Å². The van der Waals surface area contributed by atoms with Crippen molar-refractivity contribution in [3.8, 4) is 17.2 Å². The van der Waals surface area contributed by atoms with Crippen molar-refractivity contribution in [1.29, 1.82) is 0 Å². The summed E-state index contributed by atoms with van der Waals surface area (Å²) in [7, 11) is 1.85. The Labute approximate surface area is 233 Å². The van der Waals surface area contributed by atoms with E-state index >= 15 is 0 Å². The zero-order chi connectivity index (χ0) is 27.9. The van der Waals surface area contributed by atoms with Crippen LogP contribution < -0.4 is 20.2 Å². The monoisotopic (exact) mass is 545 g/mol. The van der Waals surface area contributed by atoms with Gasteiger partial charge >= 0.3 is 0 Å². The normalized spacial score (nSPS) is 13.7. The first kappa shape index (κ1) is 27.4. The van der Waals surface area contributed by atoms with Crippen molar-refractivity contribution >= 4 is 22.6 Å². The van der Waals surface area contributed by atoms with Gasteiger partial charge in [0, 0.05) is 74.7 Å². The molecule has 10 heteroatoms. The molecule has 10 nitrogen and oxygen atoms in total. The number of hydrogen-bond acceptors (Lipinski definition) is 8. The zero-order valence-corrected chi connectivity index (χ0v) is 22.8. The molecule has 40 heavy (non-hydrogen) atoms. The Morgan fingerprint density at radius 2 is 1.90 bits per heavy atom. The fraction of sp³-hybridized carbons (Fsp3) is 0.333. The van der Waals surface area contributed by atoms with Gasteiger partial charge in [-0.05, 0) is 42.8 Å². The van der Waals surface area contributed by atoms with Crippen LogP contribution in [0.15, 0.2) is 67.0 Å². The molecule has 1 fully saturated rings. The van der Waals surface area contributed by atoms with Crippen molar-refractivity contribution in [2.24, 2.45) is 0 Å². The molecule has 0 bridgehead atoms. The van der Waals surface area contributed by atoms with Crippen LogP contribution in [0.3, 0.4) is 0 Å². The topological polar surface area (TPSA) is 110 Å². The first-order chi connectivity index (χ1) is 19.6. The second kappa shape index (κ2) is 12.8. The average molecular weight is 546 g/mol. The lowest BCUT2D eigenvalue weighted by Crippen LogP contribution is -2.46. The number of pyridine rings is 1. The van der Waals surface area contributed by atoms with Gasteiger partial charge in [-0.3, -0.25) is 14.4 Å². The molecule has 3 heterocycles. The number of nitrogens with zero attached hydrogens (tertiary/aromatic N) is 3. The lowest BCUT2D eigenvalue weighted by molar-refractivity contribution is 0.102. The molecule has 0 spiro atoms. The number of carbonyl (C=O) groups excluding carboxylic acids is 1. The fourth-order valence-electron chi connectivity index (χ4n) is 4.75. The van der Waals surface area contributed by atoms with E-state index in [1.165, 1.54) is 5.56 Å². The molecular weight excluding hydrogens is 510 g/mol. The Morgan fingerprint density at radius 3 is 2.65 bits per heavy atom. The molecule has 5 rings (SSSR count). The molecule has 210 valence electrons. The van der Waals surface area contributed by atoms with Crippen LogP contribution in [0.1, 0.15) is 28.8 Å². The Morgan fingerprint density at radius 1 is 1.07 bits per heavy atom. The number of aromatic nitrogens is 2. The van der Waals surface area contributed by atoms with Gasteiger partial charge in [0.15, 0.2) is 11.5 Å². The molecule has 0 saturated carbocycles. The van der Waals surface area contributed by atoms with E-state index in [1.54, 1.807) is 18.3 Å². The third kappa shape index (κ3) is 6.36. The van der Waals surface area contributed by atoms with Gasteiger partial charge in [-0.25, -0.2) is 4.98 Å². The third-order valence-electron chi connectivity index (χ3n) is 6.90. The van der Waals surface area contributed by atoms with Crippen molar-refractivity contribution in [3.63, 3.8) is 0 Å². The van der Waals surface area contributed by atoms with Crippen molar-refractivity contribution in [2.45, 2.75) is 12.8 Å². The van der Waals surface area contributed by atoms with Gasteiger partial charge in [0.1, 0.15) is 18.2 Å². The molecule has 1 aliphatic heterocycles. The number of aliphatic hydroxyl groups excluding tert-OH is 1. The van der Waals surface area contributed by atoms with E-state index in [2.05, 4.69) is 20.6 Å². The Bertz CT molecular complexity index is 1430. The van der Waals surface area contributed by atoms with E-state index in [4.69, 9.17) is 19.3 Å². The van der Waals surface area contributed by atoms with Crippen molar-refractivity contribution in [2.75, 3.05) is 63.9 Å². The fourth-order valence-corrected chi connectivity index (χ4v) is 4.75. The van der Waals surface area contributed by atoms with Crippen LogP contribution in [0.4, 0.5) is 5.82 Å². The van der Waals surface area contributed by atoms with Crippen LogP contribution in [0.25, 0.3) is 10.9 Å². The van der Waals surface area contributed by atoms with E-state index in [9.17, 15) is 4.79 Å². The first-order valence-corrected chi connectivity index (χ1v) is 13.5. The van der Waals surface area contributed by atoms with Crippen molar-refractivity contribution in [1.82, 2.24) is 14.6 Å². The number of benzene rings is 2. The number of anilines is 1. The molecule has 0 unspecified atom stereocenters. The lowest BCUT2D eigenvalue weighted by Gasteiger charge is -2.39. The van der Waals surface area contributed by atoms with Crippen LogP contribution in [0, 0.1) is 0 Å². The largest absolute Gasteiger partial charge is 0.487 e. The summed E-state index contributed by atoms with van der Waals surface area (Å²) < 4.78 is 19.6. The molecular formula is C30H35N5O5. The standard InChI is InChI=1S/C30H35N5O5/c1-3-38-14-15-39-27-18-26-23(9-11-35(26)31-2)16-28(27)40-25-8-10-32-29(17-25)33-30(37)22-6-4-21(5-7-22)24-19-34(20-24)12-13-36/h4-11,16-18,24,31,36H,3,12-15,19-20H2,1-2H3,(H,32,33,37).